The fraction of sp³-hybridized carbons (Fsp3) is 0.235. The Kier molecular flexibility index (Phi) is 6.13. The van der Waals surface area contributed by atoms with Gasteiger partial charge in [-0.2, -0.15) is 0 Å². The minimum absolute atomic E-state index is 0.198. The number of aromatic nitrogens is 1. The molecule has 0 saturated heterocycles. The van der Waals surface area contributed by atoms with Gasteiger partial charge >= 0.3 is 6.03 Å². The fourth-order valence-corrected chi connectivity index (χ4v) is 2.07. The number of carbonyl (C=O) groups excluding carboxylic acids is 2. The van der Waals surface area contributed by atoms with E-state index >= 15 is 0 Å². The van der Waals surface area contributed by atoms with Gasteiger partial charge in [0.1, 0.15) is 0 Å². The SMILES string of the molecule is CCOc1ncccc1CNC(=O)c1ccc(CNC(N)=O)cc1. The predicted octanol–water partition coefficient (Wildman–Crippen LogP) is 1.58. The molecule has 0 saturated carbocycles. The highest BCUT2D eigenvalue weighted by molar-refractivity contribution is 5.94. The molecule has 0 aliphatic rings. The molecule has 3 amide bonds. The minimum Gasteiger partial charge on any atom is -0.478 e. The first kappa shape index (κ1) is 17.3. The third-order valence-corrected chi connectivity index (χ3v) is 3.25. The van der Waals surface area contributed by atoms with Gasteiger partial charge in [-0.15, -0.1) is 0 Å². The van der Waals surface area contributed by atoms with E-state index in [0.717, 1.165) is 11.1 Å². The first-order valence-corrected chi connectivity index (χ1v) is 7.57. The lowest BCUT2D eigenvalue weighted by molar-refractivity contribution is 0.0950. The van der Waals surface area contributed by atoms with Crippen LogP contribution in [-0.4, -0.2) is 23.5 Å². The molecule has 7 heteroatoms. The summed E-state index contributed by atoms with van der Waals surface area (Å²) in [5.41, 5.74) is 7.22. The fourth-order valence-electron chi connectivity index (χ4n) is 2.07. The van der Waals surface area contributed by atoms with E-state index < -0.39 is 6.03 Å². The van der Waals surface area contributed by atoms with E-state index in [1.807, 2.05) is 13.0 Å². The van der Waals surface area contributed by atoms with Crippen LogP contribution in [0.5, 0.6) is 5.88 Å². The lowest BCUT2D eigenvalue weighted by Crippen LogP contribution is -2.28. The number of pyridine rings is 1. The quantitative estimate of drug-likeness (QED) is 0.717. The molecular formula is C17H20N4O3. The van der Waals surface area contributed by atoms with Gasteiger partial charge in [-0.1, -0.05) is 18.2 Å². The number of hydrogen-bond donors (Lipinski definition) is 3. The molecule has 0 aliphatic carbocycles. The molecule has 126 valence electrons. The van der Waals surface area contributed by atoms with Crippen LogP contribution < -0.4 is 21.1 Å². The first-order chi connectivity index (χ1) is 11.6. The smallest absolute Gasteiger partial charge is 0.312 e. The van der Waals surface area contributed by atoms with E-state index in [2.05, 4.69) is 15.6 Å². The van der Waals surface area contributed by atoms with Crippen LogP contribution in [-0.2, 0) is 13.1 Å². The van der Waals surface area contributed by atoms with Crippen molar-refractivity contribution in [1.29, 1.82) is 0 Å². The molecule has 24 heavy (non-hydrogen) atoms. The van der Waals surface area contributed by atoms with Crippen LogP contribution in [0.3, 0.4) is 0 Å². The van der Waals surface area contributed by atoms with E-state index in [4.69, 9.17) is 10.5 Å². The van der Waals surface area contributed by atoms with Gasteiger partial charge in [0, 0.05) is 30.4 Å². The highest BCUT2D eigenvalue weighted by Gasteiger charge is 2.08. The van der Waals surface area contributed by atoms with Crippen molar-refractivity contribution >= 4 is 11.9 Å². The van der Waals surface area contributed by atoms with Crippen LogP contribution in [0.2, 0.25) is 0 Å². The predicted molar refractivity (Wildman–Crippen MR) is 89.4 cm³/mol. The van der Waals surface area contributed by atoms with Gasteiger partial charge in [0.05, 0.1) is 6.61 Å². The van der Waals surface area contributed by atoms with Gasteiger partial charge in [0.25, 0.3) is 5.91 Å². The van der Waals surface area contributed by atoms with Gasteiger partial charge in [-0.25, -0.2) is 9.78 Å². The molecule has 0 bridgehead atoms. The van der Waals surface area contributed by atoms with Crippen LogP contribution in [0, 0.1) is 0 Å². The third-order valence-electron chi connectivity index (χ3n) is 3.25. The number of nitrogens with two attached hydrogens (primary N) is 1. The summed E-state index contributed by atoms with van der Waals surface area (Å²) in [5.74, 6) is 0.323. The molecule has 4 N–H and O–H groups in total. The summed E-state index contributed by atoms with van der Waals surface area (Å²) in [6, 6.07) is 9.99. The molecule has 0 fully saturated rings. The maximum atomic E-state index is 12.2. The van der Waals surface area contributed by atoms with Crippen LogP contribution in [0.15, 0.2) is 42.6 Å². The Hall–Kier alpha value is -3.09. The number of urea groups is 1. The summed E-state index contributed by atoms with van der Waals surface area (Å²) in [4.78, 5) is 27.0. The summed E-state index contributed by atoms with van der Waals surface area (Å²) in [6.45, 7) is 3.04. The van der Waals surface area contributed by atoms with Gasteiger partial charge in [-0.3, -0.25) is 4.79 Å². The molecule has 1 aromatic heterocycles. The molecular weight excluding hydrogens is 308 g/mol. The third kappa shape index (κ3) is 4.98. The summed E-state index contributed by atoms with van der Waals surface area (Å²) in [5, 5.41) is 5.33. The van der Waals surface area contributed by atoms with Crippen molar-refractivity contribution in [3.8, 4) is 5.88 Å². The number of rotatable bonds is 7. The number of carbonyl (C=O) groups is 2. The van der Waals surface area contributed by atoms with Crippen molar-refractivity contribution in [3.63, 3.8) is 0 Å². The van der Waals surface area contributed by atoms with Crippen molar-refractivity contribution < 1.29 is 14.3 Å². The van der Waals surface area contributed by atoms with E-state index in [1.165, 1.54) is 0 Å². The largest absolute Gasteiger partial charge is 0.478 e. The molecule has 0 aliphatic heterocycles. The van der Waals surface area contributed by atoms with E-state index in [1.54, 1.807) is 36.5 Å². The molecule has 1 heterocycles. The second-order valence-corrected chi connectivity index (χ2v) is 5.00. The van der Waals surface area contributed by atoms with Crippen molar-refractivity contribution in [2.24, 2.45) is 5.73 Å². The van der Waals surface area contributed by atoms with E-state index in [9.17, 15) is 9.59 Å². The van der Waals surface area contributed by atoms with Gasteiger partial charge in [0.15, 0.2) is 0 Å². The Morgan fingerprint density at radius 3 is 2.54 bits per heavy atom. The molecule has 0 radical (unpaired) electrons. The van der Waals surface area contributed by atoms with Gasteiger partial charge in [-0.05, 0) is 30.7 Å². The molecule has 7 nitrogen and oxygen atoms in total. The zero-order valence-corrected chi connectivity index (χ0v) is 13.4. The number of amides is 3. The molecule has 1 aromatic carbocycles. The summed E-state index contributed by atoms with van der Waals surface area (Å²) in [6.07, 6.45) is 1.65. The number of nitrogens with one attached hydrogen (secondary N) is 2. The lowest BCUT2D eigenvalue weighted by Gasteiger charge is -2.10. The Balaban J connectivity index is 1.94. The van der Waals surface area contributed by atoms with Crippen LogP contribution >= 0.6 is 0 Å². The molecule has 0 unspecified atom stereocenters. The Morgan fingerprint density at radius 2 is 1.88 bits per heavy atom. The van der Waals surface area contributed by atoms with Crippen molar-refractivity contribution in [1.82, 2.24) is 15.6 Å². The van der Waals surface area contributed by atoms with Crippen LogP contribution in [0.25, 0.3) is 0 Å². The number of ether oxygens (including phenoxy) is 1. The van der Waals surface area contributed by atoms with Gasteiger partial charge < -0.3 is 21.1 Å². The molecule has 2 rings (SSSR count). The Labute approximate surface area is 140 Å². The summed E-state index contributed by atoms with van der Waals surface area (Å²) < 4.78 is 5.43. The minimum atomic E-state index is -0.585. The maximum Gasteiger partial charge on any atom is 0.312 e. The Bertz CT molecular complexity index is 701. The second kappa shape index (κ2) is 8.52. The highest BCUT2D eigenvalue weighted by Crippen LogP contribution is 2.14. The molecule has 0 atom stereocenters. The molecule has 2 aromatic rings. The van der Waals surface area contributed by atoms with Crippen molar-refractivity contribution in [2.75, 3.05) is 6.61 Å². The van der Waals surface area contributed by atoms with Crippen molar-refractivity contribution in [3.05, 3.63) is 59.3 Å². The number of hydrogen-bond acceptors (Lipinski definition) is 4. The number of nitrogens with zero attached hydrogens (tertiary/aromatic N) is 1. The van der Waals surface area contributed by atoms with E-state index in [-0.39, 0.29) is 5.91 Å². The summed E-state index contributed by atoms with van der Waals surface area (Å²) >= 11 is 0. The lowest BCUT2D eigenvalue weighted by atomic mass is 10.1. The van der Waals surface area contributed by atoms with Crippen molar-refractivity contribution in [2.45, 2.75) is 20.0 Å². The molecule has 0 spiro atoms. The number of benzene rings is 1. The maximum absolute atomic E-state index is 12.2. The normalized spacial score (nSPS) is 10.0. The topological polar surface area (TPSA) is 106 Å². The summed E-state index contributed by atoms with van der Waals surface area (Å²) in [7, 11) is 0. The zero-order chi connectivity index (χ0) is 17.4. The Morgan fingerprint density at radius 1 is 1.12 bits per heavy atom. The first-order valence-electron chi connectivity index (χ1n) is 7.57. The number of primary amides is 1. The van der Waals surface area contributed by atoms with E-state index in [0.29, 0.717) is 31.1 Å². The average molecular weight is 328 g/mol. The van der Waals surface area contributed by atoms with Crippen LogP contribution in [0.1, 0.15) is 28.4 Å². The standard InChI is InChI=1S/C17H20N4O3/c1-2-24-16-14(4-3-9-19-16)11-20-15(22)13-7-5-12(6-8-13)10-21-17(18)23/h3-9H,2,10-11H2,1H3,(H,20,22)(H3,18,21,23). The highest BCUT2D eigenvalue weighted by atomic mass is 16.5. The second-order valence-electron chi connectivity index (χ2n) is 5.00. The van der Waals surface area contributed by atoms with Crippen LogP contribution in [0.4, 0.5) is 4.79 Å². The van der Waals surface area contributed by atoms with Gasteiger partial charge in [0.2, 0.25) is 5.88 Å². The zero-order valence-electron chi connectivity index (χ0n) is 13.4. The average Bonchev–Trinajstić information content (AvgIpc) is 2.59. The monoisotopic (exact) mass is 328 g/mol.